The fourth-order valence-electron chi connectivity index (χ4n) is 3.61. The van der Waals surface area contributed by atoms with Gasteiger partial charge in [0.2, 0.25) is 0 Å². The van der Waals surface area contributed by atoms with Crippen molar-refractivity contribution in [1.29, 1.82) is 0 Å². The minimum atomic E-state index is -0.562. The van der Waals surface area contributed by atoms with Crippen molar-refractivity contribution in [3.8, 4) is 0 Å². The van der Waals surface area contributed by atoms with Crippen molar-refractivity contribution in [2.45, 2.75) is 50.6 Å². The predicted molar refractivity (Wildman–Crippen MR) is 80.7 cm³/mol. The van der Waals surface area contributed by atoms with E-state index in [1.54, 1.807) is 6.92 Å². The Bertz CT molecular complexity index is 497. The maximum atomic E-state index is 14.5. The third-order valence-corrected chi connectivity index (χ3v) is 4.92. The standard InChI is InChI=1S/C16H25F2N3/c1-11-7-8-12(17)13(14(11)18)15(20-19)16(21(2)3)9-5-4-6-10-16/h7-8,15,20H,4-6,9-10,19H2,1-3H3. The first-order chi connectivity index (χ1) is 9.94. The molecule has 0 radical (unpaired) electrons. The predicted octanol–water partition coefficient (Wildman–Crippen LogP) is 3.04. The first kappa shape index (κ1) is 16.3. The van der Waals surface area contributed by atoms with Gasteiger partial charge in [-0.15, -0.1) is 0 Å². The summed E-state index contributed by atoms with van der Waals surface area (Å²) in [7, 11) is 3.92. The van der Waals surface area contributed by atoms with Gasteiger partial charge in [-0.3, -0.25) is 11.3 Å². The van der Waals surface area contributed by atoms with Gasteiger partial charge >= 0.3 is 0 Å². The number of halogens is 2. The van der Waals surface area contributed by atoms with E-state index in [9.17, 15) is 8.78 Å². The molecule has 1 aliphatic rings. The van der Waals surface area contributed by atoms with Crippen LogP contribution in [-0.2, 0) is 0 Å². The van der Waals surface area contributed by atoms with Crippen molar-refractivity contribution in [3.05, 3.63) is 34.9 Å². The molecule has 0 saturated heterocycles. The summed E-state index contributed by atoms with van der Waals surface area (Å²) in [6, 6.07) is 2.22. The number of nitrogens with one attached hydrogen (secondary N) is 1. The highest BCUT2D eigenvalue weighted by atomic mass is 19.1. The molecule has 0 aromatic heterocycles. The van der Waals surface area contributed by atoms with Crippen LogP contribution in [0.25, 0.3) is 0 Å². The van der Waals surface area contributed by atoms with E-state index in [2.05, 4.69) is 10.3 Å². The highest BCUT2D eigenvalue weighted by molar-refractivity contribution is 5.32. The number of hydrogen-bond donors (Lipinski definition) is 2. The van der Waals surface area contributed by atoms with Crippen molar-refractivity contribution in [2.24, 2.45) is 5.84 Å². The Morgan fingerprint density at radius 1 is 1.19 bits per heavy atom. The lowest BCUT2D eigenvalue weighted by molar-refractivity contribution is 0.0535. The summed E-state index contributed by atoms with van der Waals surface area (Å²) in [5.74, 6) is 4.71. The first-order valence-electron chi connectivity index (χ1n) is 7.52. The van der Waals surface area contributed by atoms with E-state index in [0.29, 0.717) is 5.56 Å². The smallest absolute Gasteiger partial charge is 0.133 e. The monoisotopic (exact) mass is 297 g/mol. The van der Waals surface area contributed by atoms with E-state index < -0.39 is 17.7 Å². The Morgan fingerprint density at radius 2 is 1.81 bits per heavy atom. The lowest BCUT2D eigenvalue weighted by Crippen LogP contribution is -2.56. The molecule has 2 rings (SSSR count). The summed E-state index contributed by atoms with van der Waals surface area (Å²) in [6.07, 6.45) is 5.01. The molecule has 0 spiro atoms. The molecule has 5 heteroatoms. The SMILES string of the molecule is Cc1ccc(F)c(C(NN)C2(N(C)C)CCCCC2)c1F. The van der Waals surface area contributed by atoms with Crippen LogP contribution in [0.5, 0.6) is 0 Å². The van der Waals surface area contributed by atoms with Gasteiger partial charge in [0.15, 0.2) is 0 Å². The molecular formula is C16H25F2N3. The zero-order chi connectivity index (χ0) is 15.6. The molecule has 1 atom stereocenters. The zero-order valence-electron chi connectivity index (χ0n) is 13.0. The maximum Gasteiger partial charge on any atom is 0.133 e. The lowest BCUT2D eigenvalue weighted by Gasteiger charge is -2.48. The second-order valence-electron chi connectivity index (χ2n) is 6.25. The van der Waals surface area contributed by atoms with Crippen LogP contribution in [0.15, 0.2) is 12.1 Å². The van der Waals surface area contributed by atoms with Crippen LogP contribution >= 0.6 is 0 Å². The molecule has 0 amide bonds. The quantitative estimate of drug-likeness (QED) is 0.663. The van der Waals surface area contributed by atoms with Crippen LogP contribution in [0.2, 0.25) is 0 Å². The van der Waals surface area contributed by atoms with Crippen molar-refractivity contribution in [2.75, 3.05) is 14.1 Å². The lowest BCUT2D eigenvalue weighted by atomic mass is 9.73. The van der Waals surface area contributed by atoms with Gasteiger partial charge in [0, 0.05) is 11.1 Å². The van der Waals surface area contributed by atoms with Crippen LogP contribution in [0.1, 0.15) is 49.3 Å². The zero-order valence-corrected chi connectivity index (χ0v) is 13.0. The molecule has 1 saturated carbocycles. The van der Waals surface area contributed by atoms with E-state index in [1.165, 1.54) is 12.1 Å². The summed E-state index contributed by atoms with van der Waals surface area (Å²) in [6.45, 7) is 1.65. The fraction of sp³-hybridized carbons (Fsp3) is 0.625. The second kappa shape index (κ2) is 6.38. The van der Waals surface area contributed by atoms with Gasteiger partial charge in [-0.1, -0.05) is 25.3 Å². The molecule has 1 fully saturated rings. The van der Waals surface area contributed by atoms with Crippen LogP contribution in [0.4, 0.5) is 8.78 Å². The Morgan fingerprint density at radius 3 is 2.33 bits per heavy atom. The van der Waals surface area contributed by atoms with Crippen LogP contribution in [0.3, 0.4) is 0 Å². The number of hydrazine groups is 1. The molecule has 0 heterocycles. The highest BCUT2D eigenvalue weighted by Gasteiger charge is 2.44. The number of hydrogen-bond acceptors (Lipinski definition) is 3. The third-order valence-electron chi connectivity index (χ3n) is 4.92. The van der Waals surface area contributed by atoms with Crippen LogP contribution in [-0.4, -0.2) is 24.5 Å². The Balaban J connectivity index is 2.54. The molecule has 1 aromatic carbocycles. The van der Waals surface area contributed by atoms with E-state index >= 15 is 0 Å². The third kappa shape index (κ3) is 2.82. The topological polar surface area (TPSA) is 41.3 Å². The molecule has 3 N–H and O–H groups in total. The summed E-state index contributed by atoms with van der Waals surface area (Å²) in [5, 5.41) is 0. The normalized spacial score (nSPS) is 19.8. The van der Waals surface area contributed by atoms with Gasteiger partial charge in [0.25, 0.3) is 0 Å². The molecule has 3 nitrogen and oxygen atoms in total. The van der Waals surface area contributed by atoms with Gasteiger partial charge in [-0.25, -0.2) is 8.78 Å². The van der Waals surface area contributed by atoms with Crippen molar-refractivity contribution < 1.29 is 8.78 Å². The number of aryl methyl sites for hydroxylation is 1. The van der Waals surface area contributed by atoms with Gasteiger partial charge in [0.05, 0.1) is 6.04 Å². The Kier molecular flexibility index (Phi) is 4.96. The number of rotatable bonds is 4. The van der Waals surface area contributed by atoms with E-state index in [1.807, 2.05) is 14.1 Å². The molecule has 1 aliphatic carbocycles. The van der Waals surface area contributed by atoms with Crippen LogP contribution < -0.4 is 11.3 Å². The summed E-state index contributed by atoms with van der Waals surface area (Å²) in [4.78, 5) is 2.07. The van der Waals surface area contributed by atoms with Gasteiger partial charge in [-0.05, 0) is 45.5 Å². The Hall–Kier alpha value is -1.04. The summed E-state index contributed by atoms with van der Waals surface area (Å²) in [5.41, 5.74) is 2.84. The first-order valence-corrected chi connectivity index (χ1v) is 7.52. The molecule has 0 bridgehead atoms. The van der Waals surface area contributed by atoms with Gasteiger partial charge in [0.1, 0.15) is 11.6 Å². The largest absolute Gasteiger partial charge is 0.302 e. The minimum absolute atomic E-state index is 0.0631. The maximum absolute atomic E-state index is 14.5. The van der Waals surface area contributed by atoms with E-state index in [4.69, 9.17) is 5.84 Å². The highest BCUT2D eigenvalue weighted by Crippen LogP contribution is 2.43. The molecule has 21 heavy (non-hydrogen) atoms. The fourth-order valence-corrected chi connectivity index (χ4v) is 3.61. The average Bonchev–Trinajstić information content (AvgIpc) is 2.48. The van der Waals surface area contributed by atoms with Gasteiger partial charge in [-0.2, -0.15) is 0 Å². The summed E-state index contributed by atoms with van der Waals surface area (Å²) < 4.78 is 28.8. The van der Waals surface area contributed by atoms with Crippen molar-refractivity contribution >= 4 is 0 Å². The minimum Gasteiger partial charge on any atom is -0.302 e. The van der Waals surface area contributed by atoms with Crippen molar-refractivity contribution in [3.63, 3.8) is 0 Å². The molecule has 0 aliphatic heterocycles. The summed E-state index contributed by atoms with van der Waals surface area (Å²) >= 11 is 0. The molecular weight excluding hydrogens is 272 g/mol. The Labute approximate surface area is 125 Å². The second-order valence-corrected chi connectivity index (χ2v) is 6.25. The number of benzene rings is 1. The van der Waals surface area contributed by atoms with E-state index in [0.717, 1.165) is 32.1 Å². The molecule has 1 unspecified atom stereocenters. The molecule has 1 aromatic rings. The number of nitrogens with two attached hydrogens (primary N) is 1. The number of nitrogens with zero attached hydrogens (tertiary/aromatic N) is 1. The van der Waals surface area contributed by atoms with E-state index in [-0.39, 0.29) is 11.1 Å². The van der Waals surface area contributed by atoms with Crippen LogP contribution in [0, 0.1) is 18.6 Å². The number of likely N-dealkylation sites (N-methyl/N-ethyl adjacent to an activating group) is 1. The average molecular weight is 297 g/mol. The van der Waals surface area contributed by atoms with Crippen molar-refractivity contribution in [1.82, 2.24) is 10.3 Å². The van der Waals surface area contributed by atoms with Gasteiger partial charge < -0.3 is 4.90 Å². The molecule has 118 valence electrons.